The van der Waals surface area contributed by atoms with Crippen LogP contribution >= 0.6 is 0 Å². The number of pyridine rings is 1. The topological polar surface area (TPSA) is 60.0 Å². The first-order chi connectivity index (χ1) is 12.5. The zero-order valence-electron chi connectivity index (χ0n) is 16.2. The average Bonchev–Trinajstić information content (AvgIpc) is 2.62. The van der Waals surface area contributed by atoms with Crippen molar-refractivity contribution in [3.8, 4) is 0 Å². The molecule has 2 atom stereocenters. The maximum atomic E-state index is 13.0. The standard InChI is InChI=1S/C19H29N5O2/c1-5-23-18-16(8-7-9-20-18)22(19(26)24(23)6-2)13-17(25)21-11-14(3)10-15(4)12-21/h7-9,14-15H,5-6,10-13H2,1-4H3. The van der Waals surface area contributed by atoms with Crippen LogP contribution < -0.4 is 9.91 Å². The molecule has 3 rings (SSSR count). The van der Waals surface area contributed by atoms with Gasteiger partial charge in [-0.2, -0.15) is 0 Å². The lowest BCUT2D eigenvalue weighted by Gasteiger charge is -2.44. The molecule has 7 heteroatoms. The molecule has 1 saturated heterocycles. The first kappa shape index (κ1) is 18.5. The molecule has 2 unspecified atom stereocenters. The Balaban J connectivity index is 1.86. The van der Waals surface area contributed by atoms with Crippen LogP contribution in [0.4, 0.5) is 16.3 Å². The molecular weight excluding hydrogens is 330 g/mol. The molecule has 26 heavy (non-hydrogen) atoms. The van der Waals surface area contributed by atoms with Gasteiger partial charge in [0.1, 0.15) is 6.54 Å². The minimum Gasteiger partial charge on any atom is -0.341 e. The Kier molecular flexibility index (Phi) is 5.34. The van der Waals surface area contributed by atoms with Gasteiger partial charge < -0.3 is 4.90 Å². The Morgan fingerprint density at radius 3 is 2.42 bits per heavy atom. The molecule has 1 aromatic heterocycles. The fourth-order valence-electron chi connectivity index (χ4n) is 4.14. The summed E-state index contributed by atoms with van der Waals surface area (Å²) < 4.78 is 0. The van der Waals surface area contributed by atoms with Gasteiger partial charge in [0.15, 0.2) is 5.82 Å². The van der Waals surface area contributed by atoms with E-state index in [1.54, 1.807) is 16.1 Å². The van der Waals surface area contributed by atoms with Crippen LogP contribution in [0.2, 0.25) is 0 Å². The number of carbonyl (C=O) groups is 2. The molecule has 0 aliphatic carbocycles. The zero-order valence-corrected chi connectivity index (χ0v) is 16.2. The number of nitrogens with zero attached hydrogens (tertiary/aromatic N) is 5. The third-order valence-electron chi connectivity index (χ3n) is 5.16. The molecule has 3 amide bonds. The number of piperidine rings is 1. The van der Waals surface area contributed by atoms with E-state index in [-0.39, 0.29) is 18.5 Å². The summed E-state index contributed by atoms with van der Waals surface area (Å²) in [6, 6.07) is 3.51. The van der Waals surface area contributed by atoms with Crippen LogP contribution in [0.3, 0.4) is 0 Å². The van der Waals surface area contributed by atoms with Crippen LogP contribution in [0, 0.1) is 11.8 Å². The normalized spacial score (nSPS) is 23.3. The van der Waals surface area contributed by atoms with E-state index in [0.717, 1.165) is 25.3 Å². The number of hydrazine groups is 1. The molecule has 0 saturated carbocycles. The van der Waals surface area contributed by atoms with E-state index in [4.69, 9.17) is 0 Å². The highest BCUT2D eigenvalue weighted by atomic mass is 16.2. The van der Waals surface area contributed by atoms with Crippen molar-refractivity contribution in [1.29, 1.82) is 0 Å². The Morgan fingerprint density at radius 2 is 1.81 bits per heavy atom. The molecule has 1 fully saturated rings. The molecular formula is C19H29N5O2. The minimum atomic E-state index is -0.165. The number of fused-ring (bicyclic) bond motifs is 1. The van der Waals surface area contributed by atoms with E-state index in [2.05, 4.69) is 18.8 Å². The maximum Gasteiger partial charge on any atom is 0.343 e. The first-order valence-corrected chi connectivity index (χ1v) is 9.55. The largest absolute Gasteiger partial charge is 0.343 e. The number of urea groups is 1. The molecule has 142 valence electrons. The van der Waals surface area contributed by atoms with Gasteiger partial charge in [0.2, 0.25) is 5.91 Å². The van der Waals surface area contributed by atoms with Gasteiger partial charge in [-0.15, -0.1) is 0 Å². The molecule has 0 bridgehead atoms. The van der Waals surface area contributed by atoms with Gasteiger partial charge in [0, 0.05) is 32.4 Å². The number of hydrogen-bond donors (Lipinski definition) is 0. The van der Waals surface area contributed by atoms with Gasteiger partial charge in [0.05, 0.1) is 5.69 Å². The van der Waals surface area contributed by atoms with Crippen molar-refractivity contribution in [3.63, 3.8) is 0 Å². The molecule has 0 N–H and O–H groups in total. The minimum absolute atomic E-state index is 0.00699. The molecule has 0 radical (unpaired) electrons. The molecule has 2 aliphatic rings. The van der Waals surface area contributed by atoms with Crippen LogP contribution in [0.5, 0.6) is 0 Å². The fourth-order valence-corrected chi connectivity index (χ4v) is 4.14. The van der Waals surface area contributed by atoms with Crippen LogP contribution in [0.25, 0.3) is 0 Å². The predicted octanol–water partition coefficient (Wildman–Crippen LogP) is 2.59. The zero-order chi connectivity index (χ0) is 18.8. The van der Waals surface area contributed by atoms with Crippen LogP contribution in [0.15, 0.2) is 18.3 Å². The lowest BCUT2D eigenvalue weighted by atomic mass is 9.92. The second-order valence-electron chi connectivity index (χ2n) is 7.39. The smallest absolute Gasteiger partial charge is 0.341 e. The predicted molar refractivity (Wildman–Crippen MR) is 102 cm³/mol. The molecule has 0 spiro atoms. The molecule has 1 aromatic rings. The maximum absolute atomic E-state index is 13.0. The van der Waals surface area contributed by atoms with Crippen molar-refractivity contribution in [1.82, 2.24) is 14.9 Å². The van der Waals surface area contributed by atoms with E-state index < -0.39 is 0 Å². The quantitative estimate of drug-likeness (QED) is 0.829. The monoisotopic (exact) mass is 359 g/mol. The van der Waals surface area contributed by atoms with Crippen molar-refractivity contribution in [3.05, 3.63) is 18.3 Å². The summed E-state index contributed by atoms with van der Waals surface area (Å²) in [5, 5.41) is 3.54. The fraction of sp³-hybridized carbons (Fsp3) is 0.632. The third-order valence-corrected chi connectivity index (χ3v) is 5.16. The lowest BCUT2D eigenvalue weighted by Crippen LogP contribution is -2.59. The second kappa shape index (κ2) is 7.51. The number of likely N-dealkylation sites (tertiary alicyclic amines) is 1. The van der Waals surface area contributed by atoms with Gasteiger partial charge >= 0.3 is 6.03 Å². The number of anilines is 2. The van der Waals surface area contributed by atoms with Crippen LogP contribution in [-0.4, -0.2) is 59.6 Å². The molecule has 7 nitrogen and oxygen atoms in total. The number of hydrogen-bond acceptors (Lipinski definition) is 4. The average molecular weight is 359 g/mol. The van der Waals surface area contributed by atoms with Crippen LogP contribution in [0.1, 0.15) is 34.1 Å². The summed E-state index contributed by atoms with van der Waals surface area (Å²) in [6.45, 7) is 11.1. The van der Waals surface area contributed by atoms with E-state index >= 15 is 0 Å². The summed E-state index contributed by atoms with van der Waals surface area (Å²) in [7, 11) is 0. The van der Waals surface area contributed by atoms with Gasteiger partial charge in [-0.3, -0.25) is 14.7 Å². The van der Waals surface area contributed by atoms with Gasteiger partial charge in [-0.1, -0.05) is 13.8 Å². The summed E-state index contributed by atoms with van der Waals surface area (Å²) >= 11 is 0. The Labute approximate surface area is 155 Å². The summed E-state index contributed by atoms with van der Waals surface area (Å²) in [6.07, 6.45) is 2.87. The number of carbonyl (C=O) groups excluding carboxylic acids is 2. The molecule has 0 aromatic carbocycles. The number of rotatable bonds is 4. The van der Waals surface area contributed by atoms with Crippen molar-refractivity contribution in [2.75, 3.05) is 42.6 Å². The van der Waals surface area contributed by atoms with Crippen molar-refractivity contribution >= 4 is 23.4 Å². The Bertz CT molecular complexity index is 670. The Hall–Kier alpha value is -2.31. The lowest BCUT2D eigenvalue weighted by molar-refractivity contribution is -0.132. The van der Waals surface area contributed by atoms with Crippen LogP contribution in [-0.2, 0) is 4.79 Å². The van der Waals surface area contributed by atoms with E-state index in [1.165, 1.54) is 0 Å². The van der Waals surface area contributed by atoms with Gasteiger partial charge in [-0.25, -0.2) is 14.8 Å². The highest BCUT2D eigenvalue weighted by Crippen LogP contribution is 2.33. The van der Waals surface area contributed by atoms with Crippen molar-refractivity contribution in [2.45, 2.75) is 34.1 Å². The van der Waals surface area contributed by atoms with Crippen molar-refractivity contribution in [2.24, 2.45) is 11.8 Å². The highest BCUT2D eigenvalue weighted by Gasteiger charge is 2.37. The number of aromatic nitrogens is 1. The highest BCUT2D eigenvalue weighted by molar-refractivity contribution is 6.03. The molecule has 2 aliphatic heterocycles. The van der Waals surface area contributed by atoms with E-state index in [9.17, 15) is 9.59 Å². The third kappa shape index (κ3) is 3.34. The first-order valence-electron chi connectivity index (χ1n) is 9.55. The van der Waals surface area contributed by atoms with Crippen molar-refractivity contribution < 1.29 is 9.59 Å². The van der Waals surface area contributed by atoms with Gasteiger partial charge in [-0.05, 0) is 44.2 Å². The second-order valence-corrected chi connectivity index (χ2v) is 7.39. The summed E-state index contributed by atoms with van der Waals surface area (Å²) in [5.41, 5.74) is 0.704. The molecule has 3 heterocycles. The summed E-state index contributed by atoms with van der Waals surface area (Å²) in [4.78, 5) is 33.9. The Morgan fingerprint density at radius 1 is 1.15 bits per heavy atom. The van der Waals surface area contributed by atoms with E-state index in [1.807, 2.05) is 35.9 Å². The summed E-state index contributed by atoms with van der Waals surface area (Å²) in [5.74, 6) is 1.73. The number of amides is 3. The van der Waals surface area contributed by atoms with Gasteiger partial charge in [0.25, 0.3) is 0 Å². The SMILES string of the molecule is CCN1C(=O)N(CC(=O)N2CC(C)CC(C)C2)c2cccnc2N1CC. The van der Waals surface area contributed by atoms with E-state index in [0.29, 0.717) is 30.6 Å².